The lowest BCUT2D eigenvalue weighted by Crippen LogP contribution is -2.21. The first-order valence-electron chi connectivity index (χ1n) is 6.03. The second-order valence-electron chi connectivity index (χ2n) is 5.72. The van der Waals surface area contributed by atoms with Crippen LogP contribution in [-0.4, -0.2) is 21.0 Å². The predicted molar refractivity (Wildman–Crippen MR) is 66.4 cm³/mol. The van der Waals surface area contributed by atoms with Crippen molar-refractivity contribution in [3.8, 4) is 0 Å². The summed E-state index contributed by atoms with van der Waals surface area (Å²) in [6.45, 7) is 11.4. The first-order valence-corrected chi connectivity index (χ1v) is 6.03. The zero-order chi connectivity index (χ0) is 12.3. The van der Waals surface area contributed by atoms with E-state index in [0.717, 1.165) is 24.4 Å². The third-order valence-corrected chi connectivity index (χ3v) is 2.58. The molecular weight excluding hydrogens is 200 g/mol. The molecule has 0 aliphatic rings. The number of rotatable bonds is 4. The number of hydrogen-bond donors (Lipinski definition) is 1. The number of nitrogens with zero attached hydrogens (tertiary/aromatic N) is 2. The molecule has 16 heavy (non-hydrogen) atoms. The van der Waals surface area contributed by atoms with E-state index in [-0.39, 0.29) is 11.5 Å². The normalized spacial score (nSPS) is 14.1. The predicted octanol–water partition coefficient (Wildman–Crippen LogP) is 2.55. The number of aryl methyl sites for hydroxylation is 2. The fourth-order valence-electron chi connectivity index (χ4n) is 2.06. The second-order valence-corrected chi connectivity index (χ2v) is 5.72. The maximum absolute atomic E-state index is 10.0. The average Bonchev–Trinajstić information content (AvgIpc) is 2.42. The van der Waals surface area contributed by atoms with Gasteiger partial charge in [-0.1, -0.05) is 20.8 Å². The summed E-state index contributed by atoms with van der Waals surface area (Å²) in [5, 5.41) is 14.4. The largest absolute Gasteiger partial charge is 0.393 e. The van der Waals surface area contributed by atoms with Crippen molar-refractivity contribution in [2.75, 3.05) is 0 Å². The quantitative estimate of drug-likeness (QED) is 0.853. The van der Waals surface area contributed by atoms with Crippen molar-refractivity contribution in [3.05, 3.63) is 17.5 Å². The van der Waals surface area contributed by atoms with Gasteiger partial charge in [-0.25, -0.2) is 0 Å². The van der Waals surface area contributed by atoms with Gasteiger partial charge in [0, 0.05) is 18.7 Å². The minimum absolute atomic E-state index is 0.172. The fourth-order valence-corrected chi connectivity index (χ4v) is 2.06. The molecule has 0 aliphatic carbocycles. The average molecular weight is 224 g/mol. The highest BCUT2D eigenvalue weighted by molar-refractivity contribution is 5.10. The van der Waals surface area contributed by atoms with Crippen LogP contribution in [0.2, 0.25) is 0 Å². The summed E-state index contributed by atoms with van der Waals surface area (Å²) in [6.07, 6.45) is 1.24. The Balaban J connectivity index is 2.65. The van der Waals surface area contributed by atoms with Crippen molar-refractivity contribution in [1.82, 2.24) is 9.78 Å². The Labute approximate surface area is 98.5 Å². The molecule has 0 fully saturated rings. The lowest BCUT2D eigenvalue weighted by molar-refractivity contribution is 0.119. The summed E-state index contributed by atoms with van der Waals surface area (Å²) in [6, 6.07) is 2.06. The second kappa shape index (κ2) is 5.00. The molecule has 0 spiro atoms. The van der Waals surface area contributed by atoms with E-state index < -0.39 is 0 Å². The van der Waals surface area contributed by atoms with Crippen molar-refractivity contribution in [3.63, 3.8) is 0 Å². The highest BCUT2D eigenvalue weighted by atomic mass is 16.3. The molecule has 0 saturated heterocycles. The molecule has 1 rings (SSSR count). The molecule has 92 valence electrons. The summed E-state index contributed by atoms with van der Waals surface area (Å²) in [5.74, 6) is 0. The summed E-state index contributed by atoms with van der Waals surface area (Å²) in [5.41, 5.74) is 2.34. The molecule has 0 saturated carbocycles. The van der Waals surface area contributed by atoms with Crippen LogP contribution in [0.5, 0.6) is 0 Å². The van der Waals surface area contributed by atoms with E-state index in [1.54, 1.807) is 0 Å². The lowest BCUT2D eigenvalue weighted by atomic mass is 9.88. The molecule has 1 aromatic heterocycles. The number of aromatic nitrogens is 2. The lowest BCUT2D eigenvalue weighted by Gasteiger charge is -2.22. The van der Waals surface area contributed by atoms with Crippen LogP contribution in [0.25, 0.3) is 0 Å². The number of hydrogen-bond acceptors (Lipinski definition) is 2. The number of aliphatic hydroxyl groups excluding tert-OH is 1. The van der Waals surface area contributed by atoms with Crippen LogP contribution < -0.4 is 0 Å². The minimum Gasteiger partial charge on any atom is -0.393 e. The Bertz CT molecular complexity index is 336. The maximum Gasteiger partial charge on any atom is 0.0600 e. The van der Waals surface area contributed by atoms with Crippen LogP contribution in [0, 0.1) is 12.3 Å². The Hall–Kier alpha value is -0.830. The molecule has 0 amide bonds. The topological polar surface area (TPSA) is 38.0 Å². The Morgan fingerprint density at radius 2 is 2.06 bits per heavy atom. The van der Waals surface area contributed by atoms with E-state index in [4.69, 9.17) is 0 Å². The first kappa shape index (κ1) is 13.2. The molecule has 0 aliphatic heterocycles. The molecule has 0 radical (unpaired) electrons. The molecule has 0 aromatic carbocycles. The molecule has 1 unspecified atom stereocenters. The Kier molecular flexibility index (Phi) is 4.14. The third kappa shape index (κ3) is 3.97. The van der Waals surface area contributed by atoms with Crippen LogP contribution in [-0.2, 0) is 13.0 Å². The zero-order valence-electron chi connectivity index (χ0n) is 11.1. The van der Waals surface area contributed by atoms with Gasteiger partial charge in [0.1, 0.15) is 0 Å². The first-order chi connectivity index (χ1) is 7.31. The van der Waals surface area contributed by atoms with Gasteiger partial charge in [0.25, 0.3) is 0 Å². The molecule has 1 N–H and O–H groups in total. The van der Waals surface area contributed by atoms with Crippen molar-refractivity contribution in [2.24, 2.45) is 5.41 Å². The van der Waals surface area contributed by atoms with Gasteiger partial charge >= 0.3 is 0 Å². The monoisotopic (exact) mass is 224 g/mol. The minimum atomic E-state index is -0.276. The van der Waals surface area contributed by atoms with Gasteiger partial charge in [0.15, 0.2) is 0 Å². The van der Waals surface area contributed by atoms with Crippen LogP contribution in [0.15, 0.2) is 6.07 Å². The van der Waals surface area contributed by atoms with Gasteiger partial charge in [-0.15, -0.1) is 0 Å². The van der Waals surface area contributed by atoms with Gasteiger partial charge in [0.05, 0.1) is 11.8 Å². The van der Waals surface area contributed by atoms with Crippen molar-refractivity contribution in [1.29, 1.82) is 0 Å². The van der Waals surface area contributed by atoms with Crippen LogP contribution in [0.1, 0.15) is 45.5 Å². The van der Waals surface area contributed by atoms with Crippen LogP contribution in [0.4, 0.5) is 0 Å². The molecule has 1 aromatic rings. The zero-order valence-corrected chi connectivity index (χ0v) is 11.1. The van der Waals surface area contributed by atoms with E-state index in [9.17, 15) is 5.11 Å². The standard InChI is InChI=1S/C13H24N2O/c1-6-15-11(7-10(2)14-15)8-12(16)9-13(3,4)5/h7,12,16H,6,8-9H2,1-5H3. The molecule has 3 heteroatoms. The molecule has 1 heterocycles. The van der Waals surface area contributed by atoms with E-state index in [2.05, 4.69) is 38.9 Å². The van der Waals surface area contributed by atoms with Crippen molar-refractivity contribution in [2.45, 2.75) is 60.1 Å². The van der Waals surface area contributed by atoms with E-state index in [0.29, 0.717) is 6.42 Å². The Morgan fingerprint density at radius 1 is 1.44 bits per heavy atom. The molecule has 1 atom stereocenters. The van der Waals surface area contributed by atoms with Crippen molar-refractivity contribution < 1.29 is 5.11 Å². The summed E-state index contributed by atoms with van der Waals surface area (Å²) in [4.78, 5) is 0. The van der Waals surface area contributed by atoms with Gasteiger partial charge in [-0.05, 0) is 31.7 Å². The van der Waals surface area contributed by atoms with E-state index in [1.165, 1.54) is 0 Å². The van der Waals surface area contributed by atoms with Gasteiger partial charge in [-0.3, -0.25) is 4.68 Å². The Morgan fingerprint density at radius 3 is 2.56 bits per heavy atom. The summed E-state index contributed by atoms with van der Waals surface area (Å²) in [7, 11) is 0. The van der Waals surface area contributed by atoms with E-state index >= 15 is 0 Å². The maximum atomic E-state index is 10.0. The van der Waals surface area contributed by atoms with Crippen LogP contribution in [0.3, 0.4) is 0 Å². The molecule has 0 bridgehead atoms. The van der Waals surface area contributed by atoms with Gasteiger partial charge in [0.2, 0.25) is 0 Å². The highest BCUT2D eigenvalue weighted by Gasteiger charge is 2.18. The van der Waals surface area contributed by atoms with E-state index in [1.807, 2.05) is 11.6 Å². The third-order valence-electron chi connectivity index (χ3n) is 2.58. The SMILES string of the molecule is CCn1nc(C)cc1CC(O)CC(C)(C)C. The van der Waals surface area contributed by atoms with Crippen molar-refractivity contribution >= 4 is 0 Å². The molecule has 3 nitrogen and oxygen atoms in total. The summed E-state index contributed by atoms with van der Waals surface area (Å²) < 4.78 is 1.97. The fraction of sp³-hybridized carbons (Fsp3) is 0.769. The number of aliphatic hydroxyl groups is 1. The van der Waals surface area contributed by atoms with Gasteiger partial charge in [-0.2, -0.15) is 5.10 Å². The smallest absolute Gasteiger partial charge is 0.0600 e. The summed E-state index contributed by atoms with van der Waals surface area (Å²) >= 11 is 0. The highest BCUT2D eigenvalue weighted by Crippen LogP contribution is 2.22. The molecular formula is C13H24N2O. The van der Waals surface area contributed by atoms with Crippen LogP contribution >= 0.6 is 0 Å². The van der Waals surface area contributed by atoms with Gasteiger partial charge < -0.3 is 5.11 Å².